The fourth-order valence-electron chi connectivity index (χ4n) is 2.99. The molecule has 0 radical (unpaired) electrons. The molecule has 1 aliphatic rings. The van der Waals surface area contributed by atoms with E-state index in [-0.39, 0.29) is 24.3 Å². The van der Waals surface area contributed by atoms with Crippen LogP contribution in [0.1, 0.15) is 12.5 Å². The largest absolute Gasteiger partial charge is 0.329 e. The molecule has 1 aromatic heterocycles. The van der Waals surface area contributed by atoms with Crippen LogP contribution in [0.15, 0.2) is 48.8 Å². The summed E-state index contributed by atoms with van der Waals surface area (Å²) in [4.78, 5) is 31.2. The molecule has 0 spiro atoms. The Morgan fingerprint density at radius 1 is 1.30 bits per heavy atom. The van der Waals surface area contributed by atoms with Gasteiger partial charge in [-0.3, -0.25) is 14.6 Å². The van der Waals surface area contributed by atoms with E-state index in [9.17, 15) is 9.59 Å². The summed E-state index contributed by atoms with van der Waals surface area (Å²) in [6.45, 7) is 3.95. The molecule has 1 aromatic carbocycles. The van der Waals surface area contributed by atoms with Crippen LogP contribution in [0.3, 0.4) is 0 Å². The lowest BCUT2D eigenvalue weighted by Gasteiger charge is -2.35. The van der Waals surface area contributed by atoms with Gasteiger partial charge in [-0.15, -0.1) is 0 Å². The number of hydrogen-bond acceptors (Lipinski definition) is 4. The van der Waals surface area contributed by atoms with E-state index in [1.807, 2.05) is 19.1 Å². The third-order valence-electron chi connectivity index (χ3n) is 4.78. The minimum atomic E-state index is -0.242. The zero-order chi connectivity index (χ0) is 19.2. The van der Waals surface area contributed by atoms with E-state index in [4.69, 9.17) is 11.6 Å². The maximum atomic E-state index is 13.0. The van der Waals surface area contributed by atoms with E-state index in [1.54, 1.807) is 41.6 Å². The third-order valence-corrected chi connectivity index (χ3v) is 5.03. The molecule has 7 heteroatoms. The Morgan fingerprint density at radius 2 is 2.04 bits per heavy atom. The van der Waals surface area contributed by atoms with Gasteiger partial charge in [0.25, 0.3) is 0 Å². The lowest BCUT2D eigenvalue weighted by atomic mass is 9.88. The van der Waals surface area contributed by atoms with E-state index in [0.29, 0.717) is 23.2 Å². The molecule has 1 aliphatic heterocycles. The van der Waals surface area contributed by atoms with Gasteiger partial charge < -0.3 is 15.5 Å². The van der Waals surface area contributed by atoms with E-state index in [2.05, 4.69) is 15.6 Å². The normalized spacial score (nSPS) is 14.9. The molecular formula is C20H23ClN4O2. The molecule has 2 heterocycles. The second kappa shape index (κ2) is 8.97. The predicted octanol–water partition coefficient (Wildman–Crippen LogP) is 2.56. The highest BCUT2D eigenvalue weighted by Crippen LogP contribution is 2.20. The quantitative estimate of drug-likeness (QED) is 0.767. The van der Waals surface area contributed by atoms with E-state index in [0.717, 1.165) is 18.7 Å². The zero-order valence-corrected chi connectivity index (χ0v) is 15.9. The molecule has 27 heavy (non-hydrogen) atoms. The van der Waals surface area contributed by atoms with Crippen molar-refractivity contribution >= 4 is 29.1 Å². The number of amides is 2. The number of benzene rings is 1. The Balaban J connectivity index is 1.68. The number of carbonyl (C=O) groups is 2. The first-order chi connectivity index (χ1) is 13.0. The maximum Gasteiger partial charge on any atom is 0.244 e. The van der Waals surface area contributed by atoms with Crippen molar-refractivity contribution in [1.29, 1.82) is 0 Å². The summed E-state index contributed by atoms with van der Waals surface area (Å²) in [6, 6.07) is 10.6. The average Bonchev–Trinajstić information content (AvgIpc) is 2.62. The van der Waals surface area contributed by atoms with E-state index in [1.165, 1.54) is 0 Å². The first-order valence-electron chi connectivity index (χ1n) is 8.97. The van der Waals surface area contributed by atoms with Crippen LogP contribution in [0, 0.1) is 11.8 Å². The zero-order valence-electron chi connectivity index (χ0n) is 15.2. The van der Waals surface area contributed by atoms with Gasteiger partial charge >= 0.3 is 0 Å². The van der Waals surface area contributed by atoms with Crippen LogP contribution in [0.4, 0.5) is 5.69 Å². The van der Waals surface area contributed by atoms with Crippen molar-refractivity contribution < 1.29 is 9.59 Å². The summed E-state index contributed by atoms with van der Waals surface area (Å²) in [5.74, 6) is -0.0791. The van der Waals surface area contributed by atoms with Crippen LogP contribution in [-0.4, -0.2) is 41.3 Å². The van der Waals surface area contributed by atoms with Crippen molar-refractivity contribution in [1.82, 2.24) is 15.2 Å². The van der Waals surface area contributed by atoms with Gasteiger partial charge in [0.2, 0.25) is 11.8 Å². The van der Waals surface area contributed by atoms with Gasteiger partial charge in [0, 0.05) is 35.6 Å². The van der Waals surface area contributed by atoms with Crippen LogP contribution < -0.4 is 10.6 Å². The fraction of sp³-hybridized carbons (Fsp3) is 0.350. The highest BCUT2D eigenvalue weighted by molar-refractivity contribution is 6.30. The monoisotopic (exact) mass is 386 g/mol. The number of aromatic nitrogens is 1. The van der Waals surface area contributed by atoms with Crippen molar-refractivity contribution in [2.75, 3.05) is 25.0 Å². The molecule has 6 nitrogen and oxygen atoms in total. The van der Waals surface area contributed by atoms with Crippen LogP contribution >= 0.6 is 11.6 Å². The van der Waals surface area contributed by atoms with Crippen molar-refractivity contribution in [2.45, 2.75) is 13.5 Å². The first kappa shape index (κ1) is 19.3. The Labute approximate surface area is 163 Å². The van der Waals surface area contributed by atoms with Crippen LogP contribution in [-0.2, 0) is 16.1 Å². The molecule has 1 saturated heterocycles. The Bertz CT molecular complexity index is 778. The molecular weight excluding hydrogens is 364 g/mol. The number of hydrogen-bond donors (Lipinski definition) is 2. The molecule has 1 unspecified atom stereocenters. The number of nitrogens with one attached hydrogen (secondary N) is 2. The minimum absolute atomic E-state index is 0.0131. The number of nitrogens with zero attached hydrogens (tertiary/aromatic N) is 2. The van der Waals surface area contributed by atoms with Crippen molar-refractivity contribution in [3.63, 3.8) is 0 Å². The standard InChI is InChI=1S/C20H23ClN4O2/c1-14(16-10-23-11-16)20(27)25(12-15-3-2-8-22-9-15)13-19(26)24-18-6-4-17(21)5-7-18/h2-9,14,16,23H,10-13H2,1H3,(H,24,26). The number of carbonyl (C=O) groups excluding carboxylic acids is 2. The Hall–Kier alpha value is -2.44. The Morgan fingerprint density at radius 3 is 2.63 bits per heavy atom. The second-order valence-corrected chi connectivity index (χ2v) is 7.25. The van der Waals surface area contributed by atoms with Crippen molar-refractivity contribution in [3.05, 3.63) is 59.4 Å². The van der Waals surface area contributed by atoms with Gasteiger partial charge in [-0.2, -0.15) is 0 Å². The molecule has 2 N–H and O–H groups in total. The molecule has 0 saturated carbocycles. The molecule has 3 rings (SSSR count). The number of rotatable bonds is 7. The number of anilines is 1. The number of pyridine rings is 1. The molecule has 1 atom stereocenters. The van der Waals surface area contributed by atoms with E-state index < -0.39 is 0 Å². The average molecular weight is 387 g/mol. The summed E-state index contributed by atoms with van der Waals surface area (Å²) in [5, 5.41) is 6.61. The number of halogens is 1. The summed E-state index contributed by atoms with van der Waals surface area (Å²) < 4.78 is 0. The summed E-state index contributed by atoms with van der Waals surface area (Å²) in [7, 11) is 0. The third kappa shape index (κ3) is 5.28. The summed E-state index contributed by atoms with van der Waals surface area (Å²) >= 11 is 5.87. The maximum absolute atomic E-state index is 13.0. The molecule has 1 fully saturated rings. The van der Waals surface area contributed by atoms with Crippen molar-refractivity contribution in [3.8, 4) is 0 Å². The SMILES string of the molecule is CC(C(=O)N(CC(=O)Nc1ccc(Cl)cc1)Cc1cccnc1)C1CNC1. The molecule has 2 amide bonds. The van der Waals surface area contributed by atoms with Crippen LogP contribution in [0.2, 0.25) is 5.02 Å². The lowest BCUT2D eigenvalue weighted by Crippen LogP contribution is -2.51. The summed E-state index contributed by atoms with van der Waals surface area (Å²) in [6.07, 6.45) is 3.40. The van der Waals surface area contributed by atoms with Gasteiger partial charge in [-0.25, -0.2) is 0 Å². The first-order valence-corrected chi connectivity index (χ1v) is 9.34. The van der Waals surface area contributed by atoms with E-state index >= 15 is 0 Å². The smallest absolute Gasteiger partial charge is 0.244 e. The second-order valence-electron chi connectivity index (χ2n) is 6.82. The van der Waals surface area contributed by atoms with Gasteiger partial charge in [-0.1, -0.05) is 24.6 Å². The van der Waals surface area contributed by atoms with Crippen LogP contribution in [0.25, 0.3) is 0 Å². The molecule has 142 valence electrons. The topological polar surface area (TPSA) is 74.3 Å². The Kier molecular flexibility index (Phi) is 6.42. The highest BCUT2D eigenvalue weighted by Gasteiger charge is 2.32. The highest BCUT2D eigenvalue weighted by atomic mass is 35.5. The summed E-state index contributed by atoms with van der Waals surface area (Å²) in [5.41, 5.74) is 1.54. The molecule has 2 aromatic rings. The minimum Gasteiger partial charge on any atom is -0.329 e. The molecule has 0 aliphatic carbocycles. The van der Waals surface area contributed by atoms with Gasteiger partial charge in [0.1, 0.15) is 6.54 Å². The van der Waals surface area contributed by atoms with Gasteiger partial charge in [0.05, 0.1) is 0 Å². The van der Waals surface area contributed by atoms with Crippen molar-refractivity contribution in [2.24, 2.45) is 11.8 Å². The van der Waals surface area contributed by atoms with Crippen LogP contribution in [0.5, 0.6) is 0 Å². The lowest BCUT2D eigenvalue weighted by molar-refractivity contribution is -0.140. The van der Waals surface area contributed by atoms with Gasteiger partial charge in [-0.05, 0) is 54.9 Å². The van der Waals surface area contributed by atoms with Gasteiger partial charge in [0.15, 0.2) is 0 Å². The predicted molar refractivity (Wildman–Crippen MR) is 105 cm³/mol. The molecule has 0 bridgehead atoms. The fourth-order valence-corrected chi connectivity index (χ4v) is 3.11.